The number of anilines is 1. The maximum absolute atomic E-state index is 13.4. The summed E-state index contributed by atoms with van der Waals surface area (Å²) in [5.41, 5.74) is 5.07. The number of benzene rings is 1. The highest BCUT2D eigenvalue weighted by Crippen LogP contribution is 2.23. The molecule has 0 aliphatic heterocycles. The molecule has 1 aromatic rings. The van der Waals surface area contributed by atoms with Gasteiger partial charge in [0.05, 0.1) is 5.69 Å². The van der Waals surface area contributed by atoms with Gasteiger partial charge in [0.2, 0.25) is 0 Å². The molecular formula is C14H20F3N3O. The monoisotopic (exact) mass is 303 g/mol. The van der Waals surface area contributed by atoms with Crippen LogP contribution in [0.15, 0.2) is 17.3 Å². The maximum atomic E-state index is 13.4. The van der Waals surface area contributed by atoms with Gasteiger partial charge in [-0.2, -0.15) is 0 Å². The number of hydrogen-bond acceptors (Lipinski definition) is 3. The molecule has 1 rings (SSSR count). The van der Waals surface area contributed by atoms with Crippen molar-refractivity contribution in [1.29, 1.82) is 0 Å². The first-order valence-corrected chi connectivity index (χ1v) is 6.64. The highest BCUT2D eigenvalue weighted by molar-refractivity contribution is 5.85. The Hall–Kier alpha value is -1.92. The molecule has 7 heteroatoms. The van der Waals surface area contributed by atoms with Crippen LogP contribution >= 0.6 is 0 Å². The van der Waals surface area contributed by atoms with Crippen molar-refractivity contribution in [1.82, 2.24) is 0 Å². The predicted octanol–water partition coefficient (Wildman–Crippen LogP) is 3.46. The molecule has 0 heterocycles. The van der Waals surface area contributed by atoms with E-state index in [0.717, 1.165) is 12.5 Å². The molecule has 0 saturated heterocycles. The fraction of sp³-hybridized carbons (Fsp3) is 0.500. The molecule has 0 unspecified atom stereocenters. The standard InChI is InChI=1S/C14H20F3N3O/c1-14(2,13(18)20-21)5-3-4-6-19-12-8-10(16)9(15)7-11(12)17/h7-8,19,21H,3-6H2,1-2H3,(H2,18,20). The summed E-state index contributed by atoms with van der Waals surface area (Å²) >= 11 is 0. The Morgan fingerprint density at radius 3 is 2.43 bits per heavy atom. The van der Waals surface area contributed by atoms with E-state index in [0.29, 0.717) is 25.5 Å². The van der Waals surface area contributed by atoms with E-state index in [-0.39, 0.29) is 11.5 Å². The zero-order chi connectivity index (χ0) is 16.0. The van der Waals surface area contributed by atoms with E-state index in [9.17, 15) is 13.2 Å². The smallest absolute Gasteiger partial charge is 0.161 e. The number of halogens is 3. The van der Waals surface area contributed by atoms with Gasteiger partial charge in [0.25, 0.3) is 0 Å². The number of amidine groups is 1. The van der Waals surface area contributed by atoms with Crippen molar-refractivity contribution < 1.29 is 18.4 Å². The average molecular weight is 303 g/mol. The molecule has 0 bridgehead atoms. The summed E-state index contributed by atoms with van der Waals surface area (Å²) in [6.45, 7) is 4.11. The third-order valence-electron chi connectivity index (χ3n) is 3.36. The van der Waals surface area contributed by atoms with Gasteiger partial charge in [-0.05, 0) is 12.8 Å². The molecule has 0 radical (unpaired) electrons. The van der Waals surface area contributed by atoms with Gasteiger partial charge in [0.1, 0.15) is 11.7 Å². The lowest BCUT2D eigenvalue weighted by Crippen LogP contribution is -2.31. The SMILES string of the molecule is CC(C)(CCCCNc1cc(F)c(F)cc1F)/C(N)=N/O. The summed E-state index contributed by atoms with van der Waals surface area (Å²) in [5.74, 6) is -2.97. The van der Waals surface area contributed by atoms with Crippen molar-refractivity contribution >= 4 is 11.5 Å². The first-order chi connectivity index (χ1) is 9.77. The Kier molecular flexibility index (Phi) is 5.87. The largest absolute Gasteiger partial charge is 0.409 e. The number of oxime groups is 1. The van der Waals surface area contributed by atoms with Crippen LogP contribution in [0.25, 0.3) is 0 Å². The summed E-state index contributed by atoms with van der Waals surface area (Å²) in [4.78, 5) is 0. The van der Waals surface area contributed by atoms with Crippen molar-refractivity contribution in [2.45, 2.75) is 33.1 Å². The predicted molar refractivity (Wildman–Crippen MR) is 75.8 cm³/mol. The molecule has 4 N–H and O–H groups in total. The van der Waals surface area contributed by atoms with Crippen LogP contribution in [-0.4, -0.2) is 17.6 Å². The molecule has 0 spiro atoms. The number of nitrogens with two attached hydrogens (primary N) is 1. The fourth-order valence-electron chi connectivity index (χ4n) is 1.84. The van der Waals surface area contributed by atoms with Crippen LogP contribution in [-0.2, 0) is 0 Å². The van der Waals surface area contributed by atoms with Gasteiger partial charge in [-0.15, -0.1) is 0 Å². The second-order valence-corrected chi connectivity index (χ2v) is 5.50. The first-order valence-electron chi connectivity index (χ1n) is 6.64. The number of unbranched alkanes of at least 4 members (excludes halogenated alkanes) is 1. The molecule has 0 aromatic heterocycles. The molecular weight excluding hydrogens is 283 g/mol. The van der Waals surface area contributed by atoms with E-state index in [1.54, 1.807) is 0 Å². The van der Waals surface area contributed by atoms with Gasteiger partial charge in [-0.1, -0.05) is 25.4 Å². The molecule has 21 heavy (non-hydrogen) atoms. The quantitative estimate of drug-likeness (QED) is 0.180. The second-order valence-electron chi connectivity index (χ2n) is 5.50. The van der Waals surface area contributed by atoms with Crippen molar-refractivity contribution in [3.63, 3.8) is 0 Å². The zero-order valence-electron chi connectivity index (χ0n) is 12.1. The minimum Gasteiger partial charge on any atom is -0.409 e. The molecule has 4 nitrogen and oxygen atoms in total. The van der Waals surface area contributed by atoms with E-state index in [1.807, 2.05) is 13.8 Å². The number of nitrogens with zero attached hydrogens (tertiary/aromatic N) is 1. The van der Waals surface area contributed by atoms with Crippen LogP contribution in [0.2, 0.25) is 0 Å². The number of hydrogen-bond donors (Lipinski definition) is 3. The van der Waals surface area contributed by atoms with Crippen molar-refractivity contribution in [2.75, 3.05) is 11.9 Å². The minimum atomic E-state index is -1.21. The highest BCUT2D eigenvalue weighted by atomic mass is 19.2. The number of nitrogens with one attached hydrogen (secondary N) is 1. The summed E-state index contributed by atoms with van der Waals surface area (Å²) in [7, 11) is 0. The van der Waals surface area contributed by atoms with Crippen LogP contribution in [0.5, 0.6) is 0 Å². The van der Waals surface area contributed by atoms with E-state index in [1.165, 1.54) is 0 Å². The molecule has 1 aromatic carbocycles. The summed E-state index contributed by atoms with van der Waals surface area (Å²) in [5, 5.41) is 14.3. The molecule has 0 saturated carbocycles. The van der Waals surface area contributed by atoms with Gasteiger partial charge in [-0.3, -0.25) is 0 Å². The van der Waals surface area contributed by atoms with E-state index in [2.05, 4.69) is 10.5 Å². The molecule has 0 atom stereocenters. The Bertz CT molecular complexity index is 518. The summed E-state index contributed by atoms with van der Waals surface area (Å²) < 4.78 is 39.1. The average Bonchev–Trinajstić information content (AvgIpc) is 2.42. The van der Waals surface area contributed by atoms with E-state index >= 15 is 0 Å². The molecule has 0 aliphatic rings. The Balaban J connectivity index is 2.40. The van der Waals surface area contributed by atoms with Crippen molar-refractivity contribution in [3.05, 3.63) is 29.6 Å². The molecule has 0 amide bonds. The third kappa shape index (κ3) is 4.84. The minimum absolute atomic E-state index is 0.0652. The number of rotatable bonds is 7. The molecule has 0 fully saturated rings. The normalized spacial score (nSPS) is 12.5. The fourth-order valence-corrected chi connectivity index (χ4v) is 1.84. The Labute approximate surface area is 121 Å². The van der Waals surface area contributed by atoms with Gasteiger partial charge in [0.15, 0.2) is 11.6 Å². The van der Waals surface area contributed by atoms with E-state index < -0.39 is 22.9 Å². The van der Waals surface area contributed by atoms with Crippen molar-refractivity contribution in [3.8, 4) is 0 Å². The zero-order valence-corrected chi connectivity index (χ0v) is 12.1. The van der Waals surface area contributed by atoms with Gasteiger partial charge in [-0.25, -0.2) is 13.2 Å². The van der Waals surface area contributed by atoms with Crippen LogP contribution in [0.1, 0.15) is 33.1 Å². The lowest BCUT2D eigenvalue weighted by molar-refractivity contribution is 0.304. The second kappa shape index (κ2) is 7.19. The Morgan fingerprint density at radius 1 is 1.19 bits per heavy atom. The third-order valence-corrected chi connectivity index (χ3v) is 3.36. The van der Waals surface area contributed by atoms with Crippen LogP contribution in [0, 0.1) is 22.9 Å². The summed E-state index contributed by atoms with van der Waals surface area (Å²) in [6.07, 6.45) is 2.12. The summed E-state index contributed by atoms with van der Waals surface area (Å²) in [6, 6.07) is 1.31. The molecule has 118 valence electrons. The first kappa shape index (κ1) is 17.1. The van der Waals surface area contributed by atoms with Gasteiger partial charge in [0, 0.05) is 24.1 Å². The maximum Gasteiger partial charge on any atom is 0.161 e. The van der Waals surface area contributed by atoms with Crippen LogP contribution < -0.4 is 11.1 Å². The highest BCUT2D eigenvalue weighted by Gasteiger charge is 2.22. The van der Waals surface area contributed by atoms with Crippen molar-refractivity contribution in [2.24, 2.45) is 16.3 Å². The van der Waals surface area contributed by atoms with Gasteiger partial charge >= 0.3 is 0 Å². The van der Waals surface area contributed by atoms with E-state index in [4.69, 9.17) is 10.9 Å². The molecule has 0 aliphatic carbocycles. The topological polar surface area (TPSA) is 70.6 Å². The van der Waals surface area contributed by atoms with Crippen LogP contribution in [0.4, 0.5) is 18.9 Å². The van der Waals surface area contributed by atoms with Gasteiger partial charge < -0.3 is 16.3 Å². The lowest BCUT2D eigenvalue weighted by atomic mass is 9.86. The Morgan fingerprint density at radius 2 is 1.81 bits per heavy atom. The lowest BCUT2D eigenvalue weighted by Gasteiger charge is -2.22. The van der Waals surface area contributed by atoms with Crippen LogP contribution in [0.3, 0.4) is 0 Å².